The van der Waals surface area contributed by atoms with E-state index in [4.69, 9.17) is 0 Å². The van der Waals surface area contributed by atoms with Crippen LogP contribution in [-0.2, 0) is 10.0 Å². The van der Waals surface area contributed by atoms with E-state index in [0.717, 1.165) is 12.5 Å². The summed E-state index contributed by atoms with van der Waals surface area (Å²) in [5.41, 5.74) is 0. The van der Waals surface area contributed by atoms with Crippen molar-refractivity contribution < 1.29 is 8.42 Å². The van der Waals surface area contributed by atoms with Gasteiger partial charge in [-0.1, -0.05) is 12.8 Å². The van der Waals surface area contributed by atoms with Crippen molar-refractivity contribution in [3.05, 3.63) is 0 Å². The Kier molecular flexibility index (Phi) is 4.67. The van der Waals surface area contributed by atoms with Gasteiger partial charge in [0, 0.05) is 25.2 Å². The van der Waals surface area contributed by atoms with Gasteiger partial charge in [0.2, 0.25) is 10.0 Å². The molecule has 1 aliphatic carbocycles. The molecular weight excluding hydrogens is 248 g/mol. The lowest BCUT2D eigenvalue weighted by Crippen LogP contribution is -2.42. The van der Waals surface area contributed by atoms with Gasteiger partial charge in [0.15, 0.2) is 0 Å². The lowest BCUT2D eigenvalue weighted by Gasteiger charge is -2.33. The minimum atomic E-state index is -3.03. The van der Waals surface area contributed by atoms with Crippen molar-refractivity contribution in [3.8, 4) is 0 Å². The van der Waals surface area contributed by atoms with Gasteiger partial charge < -0.3 is 0 Å². The Morgan fingerprint density at radius 3 is 2.72 bits per heavy atom. The topological polar surface area (TPSA) is 49.4 Å². The van der Waals surface area contributed by atoms with Crippen LogP contribution < -0.4 is 4.72 Å². The minimum Gasteiger partial charge on any atom is -0.296 e. The first-order valence-electron chi connectivity index (χ1n) is 7.26. The van der Waals surface area contributed by atoms with Gasteiger partial charge in [-0.25, -0.2) is 13.1 Å². The summed E-state index contributed by atoms with van der Waals surface area (Å²) in [6.07, 6.45) is 6.68. The average Bonchev–Trinajstić information content (AvgIpc) is 2.66. The molecule has 2 fully saturated rings. The number of nitrogens with zero attached hydrogens (tertiary/aromatic N) is 1. The van der Waals surface area contributed by atoms with Gasteiger partial charge in [-0.2, -0.15) is 0 Å². The first kappa shape index (κ1) is 14.3. The molecule has 3 atom stereocenters. The largest absolute Gasteiger partial charge is 0.296 e. The van der Waals surface area contributed by atoms with E-state index in [1.165, 1.54) is 32.1 Å². The van der Waals surface area contributed by atoms with Crippen LogP contribution in [0.3, 0.4) is 0 Å². The third kappa shape index (κ3) is 3.25. The summed E-state index contributed by atoms with van der Waals surface area (Å²) in [5, 5.41) is 0. The molecule has 0 aromatic rings. The maximum atomic E-state index is 11.4. The second-order valence-corrected chi connectivity index (χ2v) is 7.83. The molecule has 3 unspecified atom stereocenters. The number of likely N-dealkylation sites (tertiary alicyclic amines) is 1. The summed E-state index contributed by atoms with van der Waals surface area (Å²) >= 11 is 0. The third-order valence-electron chi connectivity index (χ3n) is 4.58. The highest BCUT2D eigenvalue weighted by Gasteiger charge is 2.39. The highest BCUT2D eigenvalue weighted by atomic mass is 32.2. The van der Waals surface area contributed by atoms with Gasteiger partial charge in [0.1, 0.15) is 0 Å². The molecule has 1 saturated carbocycles. The van der Waals surface area contributed by atoms with Crippen molar-refractivity contribution in [2.24, 2.45) is 5.92 Å². The normalized spacial score (nSPS) is 33.6. The van der Waals surface area contributed by atoms with Crippen LogP contribution >= 0.6 is 0 Å². The maximum Gasteiger partial charge on any atom is 0.211 e. The summed E-state index contributed by atoms with van der Waals surface area (Å²) in [6, 6.07) is 1.32. The number of sulfonamides is 1. The molecule has 0 spiro atoms. The smallest absolute Gasteiger partial charge is 0.211 e. The van der Waals surface area contributed by atoms with Gasteiger partial charge in [-0.15, -0.1) is 0 Å². The predicted octanol–water partition coefficient (Wildman–Crippen LogP) is 1.58. The summed E-state index contributed by atoms with van der Waals surface area (Å²) in [4.78, 5) is 2.53. The Labute approximate surface area is 111 Å². The van der Waals surface area contributed by atoms with E-state index in [-0.39, 0.29) is 5.75 Å². The fourth-order valence-electron chi connectivity index (χ4n) is 3.62. The van der Waals surface area contributed by atoms with Crippen molar-refractivity contribution in [2.75, 3.05) is 18.8 Å². The van der Waals surface area contributed by atoms with E-state index in [1.807, 2.05) is 0 Å². The predicted molar refractivity (Wildman–Crippen MR) is 74.0 cm³/mol. The molecule has 4 nitrogen and oxygen atoms in total. The van der Waals surface area contributed by atoms with E-state index >= 15 is 0 Å². The second kappa shape index (κ2) is 5.88. The van der Waals surface area contributed by atoms with Crippen LogP contribution in [-0.4, -0.2) is 44.2 Å². The molecule has 0 aromatic carbocycles. The first-order chi connectivity index (χ1) is 8.53. The molecule has 2 rings (SSSR count). The molecule has 2 aliphatic rings. The Morgan fingerprint density at radius 1 is 1.28 bits per heavy atom. The molecule has 0 bridgehead atoms. The zero-order chi connectivity index (χ0) is 13.2. The summed E-state index contributed by atoms with van der Waals surface area (Å²) < 4.78 is 25.5. The van der Waals surface area contributed by atoms with E-state index in [9.17, 15) is 8.42 Å². The van der Waals surface area contributed by atoms with Crippen LogP contribution in [0.1, 0.15) is 46.0 Å². The van der Waals surface area contributed by atoms with Crippen molar-refractivity contribution in [3.63, 3.8) is 0 Å². The van der Waals surface area contributed by atoms with Crippen LogP contribution in [0.5, 0.6) is 0 Å². The molecule has 5 heteroatoms. The van der Waals surface area contributed by atoms with Crippen LogP contribution in [0.25, 0.3) is 0 Å². The van der Waals surface area contributed by atoms with Gasteiger partial charge in [-0.3, -0.25) is 4.90 Å². The summed E-state index contributed by atoms with van der Waals surface area (Å²) in [5.74, 6) is 1.03. The number of hydrogen-bond donors (Lipinski definition) is 1. The highest BCUT2D eigenvalue weighted by molar-refractivity contribution is 7.89. The van der Waals surface area contributed by atoms with Crippen molar-refractivity contribution >= 4 is 10.0 Å². The van der Waals surface area contributed by atoms with Crippen molar-refractivity contribution in [2.45, 2.75) is 58.0 Å². The molecule has 0 aromatic heterocycles. The van der Waals surface area contributed by atoms with Gasteiger partial charge in [0.05, 0.1) is 5.75 Å². The van der Waals surface area contributed by atoms with E-state index < -0.39 is 10.0 Å². The Morgan fingerprint density at radius 2 is 2.00 bits per heavy atom. The van der Waals surface area contributed by atoms with Gasteiger partial charge >= 0.3 is 0 Å². The number of nitrogens with one attached hydrogen (secondary N) is 1. The van der Waals surface area contributed by atoms with Crippen LogP contribution in [0.2, 0.25) is 0 Å². The number of rotatable bonds is 5. The lowest BCUT2D eigenvalue weighted by atomic mass is 9.85. The standard InChI is InChI=1S/C13H26N2O2S/c1-3-18(16,17)14-8-9-15-11(2)10-12-6-4-5-7-13(12)15/h11-14H,3-10H2,1-2H3. The first-order valence-corrected chi connectivity index (χ1v) is 8.92. The molecule has 1 aliphatic heterocycles. The molecular formula is C13H26N2O2S. The molecule has 1 heterocycles. The Hall–Kier alpha value is -0.130. The average molecular weight is 274 g/mol. The third-order valence-corrected chi connectivity index (χ3v) is 5.98. The van der Waals surface area contributed by atoms with E-state index in [2.05, 4.69) is 16.5 Å². The number of fused-ring (bicyclic) bond motifs is 1. The zero-order valence-electron chi connectivity index (χ0n) is 11.6. The van der Waals surface area contributed by atoms with E-state index in [1.54, 1.807) is 6.92 Å². The highest BCUT2D eigenvalue weighted by Crippen LogP contribution is 2.39. The fraction of sp³-hybridized carbons (Fsp3) is 1.00. The Bertz CT molecular complexity index is 369. The maximum absolute atomic E-state index is 11.4. The zero-order valence-corrected chi connectivity index (χ0v) is 12.4. The van der Waals surface area contributed by atoms with Crippen molar-refractivity contribution in [1.29, 1.82) is 0 Å². The van der Waals surface area contributed by atoms with Crippen molar-refractivity contribution in [1.82, 2.24) is 9.62 Å². The summed E-state index contributed by atoms with van der Waals surface area (Å²) in [6.45, 7) is 5.38. The monoisotopic (exact) mass is 274 g/mol. The molecule has 1 saturated heterocycles. The summed E-state index contributed by atoms with van der Waals surface area (Å²) in [7, 11) is -3.03. The number of hydrogen-bond acceptors (Lipinski definition) is 3. The van der Waals surface area contributed by atoms with Crippen LogP contribution in [0, 0.1) is 5.92 Å². The minimum absolute atomic E-state index is 0.175. The molecule has 0 radical (unpaired) electrons. The van der Waals surface area contributed by atoms with Gasteiger partial charge in [0.25, 0.3) is 0 Å². The quantitative estimate of drug-likeness (QED) is 0.828. The molecule has 106 valence electrons. The van der Waals surface area contributed by atoms with Gasteiger partial charge in [-0.05, 0) is 39.0 Å². The second-order valence-electron chi connectivity index (χ2n) is 5.73. The van der Waals surface area contributed by atoms with Crippen LogP contribution in [0.15, 0.2) is 0 Å². The van der Waals surface area contributed by atoms with E-state index in [0.29, 0.717) is 18.6 Å². The molecule has 18 heavy (non-hydrogen) atoms. The lowest BCUT2D eigenvalue weighted by molar-refractivity contribution is 0.160. The fourth-order valence-corrected chi connectivity index (χ4v) is 4.22. The Balaban J connectivity index is 1.85. The molecule has 1 N–H and O–H groups in total. The molecule has 0 amide bonds. The van der Waals surface area contributed by atoms with Crippen LogP contribution in [0.4, 0.5) is 0 Å². The SMILES string of the molecule is CCS(=O)(=O)NCCN1C(C)CC2CCCCC21.